The summed E-state index contributed by atoms with van der Waals surface area (Å²) in [6, 6.07) is -0.610. The summed E-state index contributed by atoms with van der Waals surface area (Å²) < 4.78 is 0. The summed E-state index contributed by atoms with van der Waals surface area (Å²) >= 11 is 0. The third kappa shape index (κ3) is 12.2. The zero-order chi connectivity index (χ0) is 16.7. The summed E-state index contributed by atoms with van der Waals surface area (Å²) in [7, 11) is 0. The second-order valence-corrected chi connectivity index (χ2v) is 6.74. The van der Waals surface area contributed by atoms with E-state index >= 15 is 0 Å². The first kappa shape index (κ1) is 21.6. The molecule has 0 aliphatic carbocycles. The van der Waals surface area contributed by atoms with Crippen molar-refractivity contribution >= 4 is 0 Å². The first-order chi connectivity index (χ1) is 10.5. The van der Waals surface area contributed by atoms with Gasteiger partial charge in [0.1, 0.15) is 0 Å². The zero-order valence-corrected chi connectivity index (χ0v) is 14.9. The molecule has 22 heavy (non-hydrogen) atoms. The van der Waals surface area contributed by atoms with E-state index in [4.69, 9.17) is 10.8 Å². The van der Waals surface area contributed by atoms with Gasteiger partial charge in [0.05, 0.1) is 18.2 Å². The molecule has 0 aliphatic heterocycles. The monoisotopic (exact) mass is 313 g/mol. The van der Waals surface area contributed by atoms with Gasteiger partial charge in [0.25, 0.3) is 0 Å². The van der Waals surface area contributed by atoms with Crippen molar-refractivity contribution in [3.05, 3.63) is 12.2 Å². The van der Waals surface area contributed by atoms with Gasteiger partial charge in [-0.05, 0) is 19.8 Å². The average molecular weight is 314 g/mol. The zero-order valence-electron chi connectivity index (χ0n) is 14.9. The predicted molar refractivity (Wildman–Crippen MR) is 95.9 cm³/mol. The first-order valence-corrected chi connectivity index (χ1v) is 9.31. The normalized spacial score (nSPS) is 16.0. The van der Waals surface area contributed by atoms with Crippen LogP contribution in [0.15, 0.2) is 12.2 Å². The topological polar surface area (TPSA) is 66.5 Å². The highest BCUT2D eigenvalue weighted by Gasteiger charge is 2.24. The van der Waals surface area contributed by atoms with E-state index in [1.54, 1.807) is 13.0 Å². The minimum Gasteiger partial charge on any atom is -0.395 e. The maximum Gasteiger partial charge on any atom is 0.0972 e. The third-order valence-corrected chi connectivity index (χ3v) is 4.38. The SMILES string of the molecule is CCCCCCCCCCCCC/C=C/[C@@](C)(O)[C@@H](N)CO. The summed E-state index contributed by atoms with van der Waals surface area (Å²) in [5, 5.41) is 18.9. The lowest BCUT2D eigenvalue weighted by atomic mass is 9.96. The Morgan fingerprint density at radius 1 is 0.909 bits per heavy atom. The molecule has 0 saturated heterocycles. The number of aliphatic hydroxyl groups excluding tert-OH is 1. The molecule has 0 aromatic heterocycles. The van der Waals surface area contributed by atoms with Gasteiger partial charge in [0.2, 0.25) is 0 Å². The highest BCUT2D eigenvalue weighted by Crippen LogP contribution is 2.13. The van der Waals surface area contributed by atoms with Crippen LogP contribution in [0.1, 0.15) is 90.9 Å². The van der Waals surface area contributed by atoms with Crippen molar-refractivity contribution in [1.82, 2.24) is 0 Å². The molecule has 0 heterocycles. The molecule has 0 saturated carbocycles. The molecular weight excluding hydrogens is 274 g/mol. The fourth-order valence-electron chi connectivity index (χ4n) is 2.56. The van der Waals surface area contributed by atoms with Crippen LogP contribution in [0.3, 0.4) is 0 Å². The largest absolute Gasteiger partial charge is 0.395 e. The summed E-state index contributed by atoms with van der Waals surface area (Å²) in [5.74, 6) is 0. The molecule has 4 N–H and O–H groups in total. The third-order valence-electron chi connectivity index (χ3n) is 4.38. The van der Waals surface area contributed by atoms with Crippen molar-refractivity contribution in [2.75, 3.05) is 6.61 Å². The Kier molecular flexibility index (Phi) is 14.0. The summed E-state index contributed by atoms with van der Waals surface area (Å²) in [6.07, 6.45) is 19.5. The van der Waals surface area contributed by atoms with Crippen LogP contribution >= 0.6 is 0 Å². The lowest BCUT2D eigenvalue weighted by molar-refractivity contribution is 0.0560. The van der Waals surface area contributed by atoms with Crippen molar-refractivity contribution in [3.8, 4) is 0 Å². The number of hydrogen-bond acceptors (Lipinski definition) is 3. The van der Waals surface area contributed by atoms with E-state index in [0.29, 0.717) is 0 Å². The van der Waals surface area contributed by atoms with Crippen LogP contribution in [0.2, 0.25) is 0 Å². The van der Waals surface area contributed by atoms with Gasteiger partial charge in [-0.15, -0.1) is 0 Å². The van der Waals surface area contributed by atoms with E-state index in [2.05, 4.69) is 6.92 Å². The predicted octanol–water partition coefficient (Wildman–Crippen LogP) is 4.31. The van der Waals surface area contributed by atoms with Crippen LogP contribution in [-0.2, 0) is 0 Å². The fraction of sp³-hybridized carbons (Fsp3) is 0.895. The first-order valence-electron chi connectivity index (χ1n) is 9.31. The number of allylic oxidation sites excluding steroid dienone is 1. The van der Waals surface area contributed by atoms with Gasteiger partial charge in [0.15, 0.2) is 0 Å². The number of hydrogen-bond donors (Lipinski definition) is 3. The minimum absolute atomic E-state index is 0.199. The molecular formula is C19H39NO2. The average Bonchev–Trinajstić information content (AvgIpc) is 2.50. The standard InChI is InChI=1S/C19H39NO2/c1-3-4-5-6-7-8-9-10-11-12-13-14-15-16-19(2,22)18(20)17-21/h15-16,18,21-22H,3-14,17,20H2,1-2H3/b16-15+/t18-,19+/m0/s1. The number of rotatable bonds is 15. The van der Waals surface area contributed by atoms with Crippen molar-refractivity contribution in [2.45, 2.75) is 103 Å². The van der Waals surface area contributed by atoms with Gasteiger partial charge in [-0.1, -0.05) is 83.3 Å². The van der Waals surface area contributed by atoms with Crippen molar-refractivity contribution < 1.29 is 10.2 Å². The van der Waals surface area contributed by atoms with Crippen LogP contribution in [0, 0.1) is 0 Å². The van der Waals surface area contributed by atoms with Crippen LogP contribution in [0.5, 0.6) is 0 Å². The lowest BCUT2D eigenvalue weighted by Gasteiger charge is -2.25. The smallest absolute Gasteiger partial charge is 0.0972 e. The summed E-state index contributed by atoms with van der Waals surface area (Å²) in [4.78, 5) is 0. The molecule has 0 bridgehead atoms. The maximum absolute atomic E-state index is 9.99. The quantitative estimate of drug-likeness (QED) is 0.312. The van der Waals surface area contributed by atoms with E-state index in [-0.39, 0.29) is 6.61 Å². The van der Waals surface area contributed by atoms with E-state index < -0.39 is 11.6 Å². The Bertz CT molecular complexity index is 264. The van der Waals surface area contributed by atoms with Gasteiger partial charge in [0, 0.05) is 0 Å². The van der Waals surface area contributed by atoms with Crippen LogP contribution in [0.25, 0.3) is 0 Å². The molecule has 3 nitrogen and oxygen atoms in total. The second kappa shape index (κ2) is 14.2. The van der Waals surface area contributed by atoms with E-state index in [0.717, 1.165) is 12.8 Å². The van der Waals surface area contributed by atoms with Crippen molar-refractivity contribution in [1.29, 1.82) is 0 Å². The molecule has 0 aromatic rings. The molecule has 0 unspecified atom stereocenters. The maximum atomic E-state index is 9.99. The summed E-state index contributed by atoms with van der Waals surface area (Å²) in [6.45, 7) is 3.71. The molecule has 0 spiro atoms. The fourth-order valence-corrected chi connectivity index (χ4v) is 2.56. The van der Waals surface area contributed by atoms with Gasteiger partial charge < -0.3 is 15.9 Å². The lowest BCUT2D eigenvalue weighted by Crippen LogP contribution is -2.46. The molecule has 0 aliphatic rings. The van der Waals surface area contributed by atoms with Crippen LogP contribution in [0.4, 0.5) is 0 Å². The molecule has 0 fully saturated rings. The highest BCUT2D eigenvalue weighted by molar-refractivity contribution is 5.03. The van der Waals surface area contributed by atoms with E-state index in [1.165, 1.54) is 64.2 Å². The molecule has 132 valence electrons. The molecule has 0 amide bonds. The van der Waals surface area contributed by atoms with Gasteiger partial charge >= 0.3 is 0 Å². The number of nitrogens with two attached hydrogens (primary N) is 1. The Morgan fingerprint density at radius 3 is 1.82 bits per heavy atom. The molecule has 0 aromatic carbocycles. The van der Waals surface area contributed by atoms with Crippen LogP contribution < -0.4 is 5.73 Å². The molecule has 3 heteroatoms. The Hall–Kier alpha value is -0.380. The Morgan fingerprint density at radius 2 is 1.36 bits per heavy atom. The van der Waals surface area contributed by atoms with E-state index in [9.17, 15) is 5.11 Å². The highest BCUT2D eigenvalue weighted by atomic mass is 16.3. The van der Waals surface area contributed by atoms with Crippen molar-refractivity contribution in [2.24, 2.45) is 5.73 Å². The summed E-state index contributed by atoms with van der Waals surface area (Å²) in [5.41, 5.74) is 4.54. The number of unbranched alkanes of at least 4 members (excludes halogenated alkanes) is 11. The Labute approximate surface area is 138 Å². The number of aliphatic hydroxyl groups is 2. The molecule has 2 atom stereocenters. The van der Waals surface area contributed by atoms with Crippen molar-refractivity contribution in [3.63, 3.8) is 0 Å². The van der Waals surface area contributed by atoms with Gasteiger partial charge in [-0.25, -0.2) is 0 Å². The van der Waals surface area contributed by atoms with Gasteiger partial charge in [-0.2, -0.15) is 0 Å². The second-order valence-electron chi connectivity index (χ2n) is 6.74. The molecule has 0 rings (SSSR count). The van der Waals surface area contributed by atoms with E-state index in [1.807, 2.05) is 6.08 Å². The van der Waals surface area contributed by atoms with Crippen LogP contribution in [-0.4, -0.2) is 28.5 Å². The molecule has 0 radical (unpaired) electrons. The van der Waals surface area contributed by atoms with Gasteiger partial charge in [-0.3, -0.25) is 0 Å². The Balaban J connectivity index is 3.36. The minimum atomic E-state index is -1.10.